The van der Waals surface area contributed by atoms with Gasteiger partial charge in [-0.1, -0.05) is 25.5 Å². The number of thiophene rings is 1. The quantitative estimate of drug-likeness (QED) is 0.309. The number of hydrogen-bond acceptors (Lipinski definition) is 9. The lowest BCUT2D eigenvalue weighted by atomic mass is 10.0. The van der Waals surface area contributed by atoms with Gasteiger partial charge in [0.25, 0.3) is 11.8 Å². The molecule has 214 valence electrons. The molecule has 0 radical (unpaired) electrons. The van der Waals surface area contributed by atoms with Crippen molar-refractivity contribution in [2.75, 3.05) is 56.6 Å². The Morgan fingerprint density at radius 1 is 1.18 bits per heavy atom. The normalized spacial score (nSPS) is 17.4. The van der Waals surface area contributed by atoms with E-state index in [9.17, 15) is 14.7 Å². The number of nitrogens with one attached hydrogen (secondary N) is 1. The van der Waals surface area contributed by atoms with E-state index in [0.29, 0.717) is 49.0 Å². The van der Waals surface area contributed by atoms with Crippen molar-refractivity contribution < 1.29 is 19.4 Å². The highest BCUT2D eigenvalue weighted by Gasteiger charge is 2.24. The number of carbonyl (C=O) groups is 2. The van der Waals surface area contributed by atoms with Crippen molar-refractivity contribution in [2.24, 2.45) is 5.73 Å². The summed E-state index contributed by atoms with van der Waals surface area (Å²) >= 11 is 1.27. The molecule has 40 heavy (non-hydrogen) atoms. The lowest BCUT2D eigenvalue weighted by Crippen LogP contribution is -2.44. The number of nitrogen functional groups attached to an aromatic ring is 1. The summed E-state index contributed by atoms with van der Waals surface area (Å²) in [4.78, 5) is 34.6. The molecule has 10 nitrogen and oxygen atoms in total. The standard InChI is InChI=1S/C29H38N6O4S/c1-2-3-20-16-23(33-28-24(20)25(30)26(40-28)27(31)37)34-10-8-21(9-11-34)32-17-22(36)18-4-6-19(7-5-18)29(38)35-12-14-39-15-13-35/h4-7,16,21-22,32,36H,2-3,8-15,17,30H2,1H3,(H2,31,37). The number of benzene rings is 1. The predicted molar refractivity (Wildman–Crippen MR) is 158 cm³/mol. The number of carbonyl (C=O) groups excluding carboxylic acids is 2. The zero-order valence-electron chi connectivity index (χ0n) is 22.9. The SMILES string of the molecule is CCCc1cc(N2CCC(NCC(O)c3ccc(C(=O)N4CCOCC4)cc3)CC2)nc2sc(C(N)=O)c(N)c12. The highest BCUT2D eigenvalue weighted by Crippen LogP contribution is 2.37. The summed E-state index contributed by atoms with van der Waals surface area (Å²) in [6.07, 6.45) is 2.99. The first-order valence-corrected chi connectivity index (χ1v) is 14.8. The number of fused-ring (bicyclic) bond motifs is 1. The van der Waals surface area contributed by atoms with Crippen LogP contribution in [0.25, 0.3) is 10.2 Å². The fourth-order valence-corrected chi connectivity index (χ4v) is 6.49. The van der Waals surface area contributed by atoms with Gasteiger partial charge in [-0.05, 0) is 48.6 Å². The number of hydrogen-bond donors (Lipinski definition) is 4. The second kappa shape index (κ2) is 12.5. The van der Waals surface area contributed by atoms with Gasteiger partial charge in [0, 0.05) is 49.7 Å². The van der Waals surface area contributed by atoms with Crippen molar-refractivity contribution in [3.63, 3.8) is 0 Å². The van der Waals surface area contributed by atoms with Gasteiger partial charge in [-0.3, -0.25) is 9.59 Å². The minimum atomic E-state index is -0.657. The Kier molecular flexibility index (Phi) is 8.84. The molecular weight excluding hydrogens is 528 g/mol. The maximum Gasteiger partial charge on any atom is 0.260 e. The Morgan fingerprint density at radius 3 is 2.52 bits per heavy atom. The Bertz CT molecular complexity index is 1350. The Morgan fingerprint density at radius 2 is 1.88 bits per heavy atom. The van der Waals surface area contributed by atoms with Gasteiger partial charge in [0.15, 0.2) is 0 Å². The molecule has 0 aliphatic carbocycles. The smallest absolute Gasteiger partial charge is 0.260 e. The van der Waals surface area contributed by atoms with Gasteiger partial charge in [0.2, 0.25) is 0 Å². The lowest BCUT2D eigenvalue weighted by Gasteiger charge is -2.34. The van der Waals surface area contributed by atoms with Crippen LogP contribution in [0.2, 0.25) is 0 Å². The zero-order valence-corrected chi connectivity index (χ0v) is 23.7. The monoisotopic (exact) mass is 566 g/mol. The van der Waals surface area contributed by atoms with Crippen molar-refractivity contribution in [3.8, 4) is 0 Å². The van der Waals surface area contributed by atoms with Gasteiger partial charge < -0.3 is 36.4 Å². The fourth-order valence-electron chi connectivity index (χ4n) is 5.50. The number of aliphatic hydroxyl groups is 1. The van der Waals surface area contributed by atoms with E-state index in [1.54, 1.807) is 17.0 Å². The minimum absolute atomic E-state index is 0.000495. The van der Waals surface area contributed by atoms with Crippen LogP contribution in [0.1, 0.15) is 63.4 Å². The van der Waals surface area contributed by atoms with E-state index in [2.05, 4.69) is 23.2 Å². The average Bonchev–Trinajstić information content (AvgIpc) is 3.33. The molecule has 0 bridgehead atoms. The summed E-state index contributed by atoms with van der Waals surface area (Å²) in [5.74, 6) is 0.384. The third-order valence-corrected chi connectivity index (χ3v) is 8.88. The Labute approximate surface area is 238 Å². The molecule has 2 amide bonds. The molecule has 1 unspecified atom stereocenters. The molecule has 0 saturated carbocycles. The number of amides is 2. The highest BCUT2D eigenvalue weighted by molar-refractivity contribution is 7.21. The van der Waals surface area contributed by atoms with Gasteiger partial charge in [0.05, 0.1) is 25.0 Å². The Balaban J connectivity index is 1.16. The maximum atomic E-state index is 12.7. The van der Waals surface area contributed by atoms with Crippen molar-refractivity contribution >= 4 is 44.9 Å². The third-order valence-electron chi connectivity index (χ3n) is 7.77. The molecule has 1 atom stereocenters. The van der Waals surface area contributed by atoms with Gasteiger partial charge in [-0.2, -0.15) is 0 Å². The van der Waals surface area contributed by atoms with E-state index in [1.807, 2.05) is 12.1 Å². The number of aliphatic hydroxyl groups excluding tert-OH is 1. The molecule has 5 rings (SSSR count). The summed E-state index contributed by atoms with van der Waals surface area (Å²) in [6.45, 7) is 6.58. The van der Waals surface area contributed by atoms with E-state index in [0.717, 1.165) is 65.9 Å². The molecule has 2 aliphatic rings. The lowest BCUT2D eigenvalue weighted by molar-refractivity contribution is 0.0303. The molecular formula is C29H38N6O4S. The number of ether oxygens (including phenoxy) is 1. The largest absolute Gasteiger partial charge is 0.397 e. The summed E-state index contributed by atoms with van der Waals surface area (Å²) in [7, 11) is 0. The van der Waals surface area contributed by atoms with E-state index in [-0.39, 0.29) is 11.9 Å². The number of primary amides is 1. The summed E-state index contributed by atoms with van der Waals surface area (Å²) in [5, 5.41) is 15.1. The van der Waals surface area contributed by atoms with Gasteiger partial charge in [-0.15, -0.1) is 11.3 Å². The summed E-state index contributed by atoms with van der Waals surface area (Å²) in [6, 6.07) is 9.63. The third kappa shape index (κ3) is 6.07. The van der Waals surface area contributed by atoms with E-state index in [1.165, 1.54) is 11.3 Å². The number of anilines is 2. The fraction of sp³-hybridized carbons (Fsp3) is 0.483. The van der Waals surface area contributed by atoms with Crippen LogP contribution in [0.3, 0.4) is 0 Å². The number of nitrogens with zero attached hydrogens (tertiary/aromatic N) is 3. The average molecular weight is 567 g/mol. The molecule has 2 fully saturated rings. The van der Waals surface area contributed by atoms with E-state index >= 15 is 0 Å². The highest BCUT2D eigenvalue weighted by atomic mass is 32.1. The van der Waals surface area contributed by atoms with E-state index in [4.69, 9.17) is 21.2 Å². The number of nitrogens with two attached hydrogens (primary N) is 2. The molecule has 2 saturated heterocycles. The molecule has 6 N–H and O–H groups in total. The van der Waals surface area contributed by atoms with Crippen LogP contribution in [-0.2, 0) is 11.2 Å². The number of piperidine rings is 1. The van der Waals surface area contributed by atoms with Crippen LogP contribution in [0.4, 0.5) is 11.5 Å². The molecule has 3 aromatic rings. The Hall–Kier alpha value is -3.25. The number of rotatable bonds is 9. The molecule has 4 heterocycles. The zero-order chi connectivity index (χ0) is 28.2. The first-order valence-electron chi connectivity index (χ1n) is 14.0. The molecule has 2 aromatic heterocycles. The minimum Gasteiger partial charge on any atom is -0.397 e. The number of pyridine rings is 1. The first-order chi connectivity index (χ1) is 19.4. The molecule has 1 aromatic carbocycles. The summed E-state index contributed by atoms with van der Waals surface area (Å²) in [5.41, 5.74) is 14.8. The van der Waals surface area contributed by atoms with Crippen LogP contribution in [0, 0.1) is 0 Å². The number of morpholine rings is 1. The van der Waals surface area contributed by atoms with Crippen molar-refractivity contribution in [2.45, 2.75) is 44.8 Å². The maximum absolute atomic E-state index is 12.7. The van der Waals surface area contributed by atoms with Gasteiger partial charge in [0.1, 0.15) is 15.5 Å². The van der Waals surface area contributed by atoms with Gasteiger partial charge in [-0.25, -0.2) is 4.98 Å². The number of aromatic nitrogens is 1. The second-order valence-corrected chi connectivity index (χ2v) is 11.5. The second-order valence-electron chi connectivity index (χ2n) is 10.5. The van der Waals surface area contributed by atoms with Crippen molar-refractivity contribution in [1.82, 2.24) is 15.2 Å². The predicted octanol–water partition coefficient (Wildman–Crippen LogP) is 2.69. The van der Waals surface area contributed by atoms with Crippen LogP contribution in [0.5, 0.6) is 0 Å². The molecule has 2 aliphatic heterocycles. The van der Waals surface area contributed by atoms with Crippen molar-refractivity contribution in [1.29, 1.82) is 0 Å². The summed E-state index contributed by atoms with van der Waals surface area (Å²) < 4.78 is 5.32. The van der Waals surface area contributed by atoms with Crippen LogP contribution in [-0.4, -0.2) is 78.8 Å². The molecule has 0 spiro atoms. The van der Waals surface area contributed by atoms with E-state index < -0.39 is 12.0 Å². The topological polar surface area (TPSA) is 147 Å². The van der Waals surface area contributed by atoms with Crippen LogP contribution < -0.4 is 21.7 Å². The van der Waals surface area contributed by atoms with Gasteiger partial charge >= 0.3 is 0 Å². The first kappa shape index (κ1) is 28.3. The number of aryl methyl sites for hydroxylation is 1. The van der Waals surface area contributed by atoms with Crippen LogP contribution in [0.15, 0.2) is 30.3 Å². The van der Waals surface area contributed by atoms with Crippen LogP contribution >= 0.6 is 11.3 Å². The molecule has 11 heteroatoms. The van der Waals surface area contributed by atoms with Crippen molar-refractivity contribution in [3.05, 3.63) is 51.9 Å².